The summed E-state index contributed by atoms with van der Waals surface area (Å²) in [5, 5.41) is 2.63. The Morgan fingerprint density at radius 1 is 1.16 bits per heavy atom. The van der Waals surface area contributed by atoms with Gasteiger partial charge in [0.25, 0.3) is 11.8 Å². The first-order chi connectivity index (χ1) is 15.4. The van der Waals surface area contributed by atoms with Gasteiger partial charge in [0.1, 0.15) is 12.1 Å². The van der Waals surface area contributed by atoms with Crippen LogP contribution in [0.5, 0.6) is 0 Å². The third kappa shape index (κ3) is 6.05. The fourth-order valence-electron chi connectivity index (χ4n) is 3.68. The second-order valence-electron chi connectivity index (χ2n) is 8.49. The smallest absolute Gasteiger partial charge is 0.325 e. The standard InChI is InChI=1S/C24H31N3O5/c1-16(2)21(22(28)26-32-14-18-7-5-4-6-8-18)27-23(29)20(25-24(27)30)15-31-13-19-11-9-17(3)10-12-19/h4-9,11,16,20-21H,10,12-15H2,1-3H3,(H,25,30)(H,26,28)/t20-,21+/m0/s1. The minimum absolute atomic E-state index is 0.0536. The van der Waals surface area contributed by atoms with Gasteiger partial charge in [-0.15, -0.1) is 0 Å². The number of urea groups is 1. The van der Waals surface area contributed by atoms with E-state index < -0.39 is 29.9 Å². The second kappa shape index (κ2) is 11.1. The summed E-state index contributed by atoms with van der Waals surface area (Å²) in [5.74, 6) is -1.32. The van der Waals surface area contributed by atoms with E-state index in [-0.39, 0.29) is 19.1 Å². The van der Waals surface area contributed by atoms with Crippen LogP contribution in [0.4, 0.5) is 4.79 Å². The highest BCUT2D eigenvalue weighted by molar-refractivity contribution is 6.07. The molecule has 0 radical (unpaired) electrons. The Balaban J connectivity index is 1.54. The van der Waals surface area contributed by atoms with Crippen LogP contribution in [0.1, 0.15) is 39.2 Å². The highest BCUT2D eigenvalue weighted by Crippen LogP contribution is 2.20. The van der Waals surface area contributed by atoms with Gasteiger partial charge in [-0.25, -0.2) is 15.2 Å². The van der Waals surface area contributed by atoms with Crippen LogP contribution in [0.15, 0.2) is 53.6 Å². The lowest BCUT2D eigenvalue weighted by molar-refractivity contribution is -0.146. The van der Waals surface area contributed by atoms with E-state index in [1.54, 1.807) is 13.8 Å². The normalized spacial score (nSPS) is 19.5. The SMILES string of the molecule is CC1=CC=C(COC[C@@H]2NC(=O)N([C@@H](C(=O)NOCc3ccccc3)C(C)C)C2=O)CC1. The van der Waals surface area contributed by atoms with Gasteiger partial charge in [0.2, 0.25) is 0 Å². The predicted molar refractivity (Wildman–Crippen MR) is 119 cm³/mol. The molecule has 0 bridgehead atoms. The molecule has 2 aliphatic rings. The predicted octanol–water partition coefficient (Wildman–Crippen LogP) is 2.86. The molecule has 1 aliphatic carbocycles. The maximum atomic E-state index is 12.9. The lowest BCUT2D eigenvalue weighted by Crippen LogP contribution is -2.52. The van der Waals surface area contributed by atoms with Gasteiger partial charge in [0, 0.05) is 0 Å². The van der Waals surface area contributed by atoms with Crippen molar-refractivity contribution in [2.45, 2.75) is 52.3 Å². The topological polar surface area (TPSA) is 97.0 Å². The molecular formula is C24H31N3O5. The molecule has 3 rings (SSSR count). The van der Waals surface area contributed by atoms with Crippen molar-refractivity contribution in [2.75, 3.05) is 13.2 Å². The molecule has 0 spiro atoms. The zero-order valence-electron chi connectivity index (χ0n) is 18.8. The largest absolute Gasteiger partial charge is 0.374 e. The number of hydrogen-bond donors (Lipinski definition) is 2. The average molecular weight is 442 g/mol. The summed E-state index contributed by atoms with van der Waals surface area (Å²) in [6.45, 7) is 6.28. The van der Waals surface area contributed by atoms with E-state index in [1.165, 1.54) is 5.57 Å². The van der Waals surface area contributed by atoms with Crippen molar-refractivity contribution in [2.24, 2.45) is 5.92 Å². The first-order valence-corrected chi connectivity index (χ1v) is 10.9. The van der Waals surface area contributed by atoms with Gasteiger partial charge >= 0.3 is 6.03 Å². The Labute approximate surface area is 188 Å². The summed E-state index contributed by atoms with van der Waals surface area (Å²) in [6.07, 6.45) is 6.03. The number of carbonyl (C=O) groups excluding carboxylic acids is 3. The zero-order valence-corrected chi connectivity index (χ0v) is 18.8. The number of imide groups is 1. The van der Waals surface area contributed by atoms with Gasteiger partial charge in [0.05, 0.1) is 19.8 Å². The lowest BCUT2D eigenvalue weighted by atomic mass is 10.0. The van der Waals surface area contributed by atoms with Gasteiger partial charge in [-0.3, -0.25) is 14.4 Å². The van der Waals surface area contributed by atoms with E-state index in [4.69, 9.17) is 9.57 Å². The molecule has 1 saturated heterocycles. The fraction of sp³-hybridized carbons (Fsp3) is 0.458. The number of nitrogens with one attached hydrogen (secondary N) is 2. The third-order valence-electron chi connectivity index (χ3n) is 5.50. The number of carbonyl (C=O) groups is 3. The number of nitrogens with zero attached hydrogens (tertiary/aromatic N) is 1. The molecule has 0 saturated carbocycles. The molecule has 8 nitrogen and oxygen atoms in total. The third-order valence-corrected chi connectivity index (χ3v) is 5.50. The van der Waals surface area contributed by atoms with Crippen LogP contribution in [0.25, 0.3) is 0 Å². The Hall–Kier alpha value is -2.97. The lowest BCUT2D eigenvalue weighted by Gasteiger charge is -2.27. The maximum absolute atomic E-state index is 12.9. The van der Waals surface area contributed by atoms with Crippen molar-refractivity contribution >= 4 is 17.8 Å². The Kier molecular flexibility index (Phi) is 8.19. The van der Waals surface area contributed by atoms with E-state index in [0.717, 1.165) is 28.9 Å². The van der Waals surface area contributed by atoms with Crippen molar-refractivity contribution < 1.29 is 24.0 Å². The molecule has 2 N–H and O–H groups in total. The molecule has 8 heteroatoms. The van der Waals surface area contributed by atoms with E-state index in [1.807, 2.05) is 36.4 Å². The van der Waals surface area contributed by atoms with E-state index in [0.29, 0.717) is 6.61 Å². The summed E-state index contributed by atoms with van der Waals surface area (Å²) in [4.78, 5) is 44.5. The van der Waals surface area contributed by atoms with Gasteiger partial charge in [-0.1, -0.05) is 61.9 Å². The van der Waals surface area contributed by atoms with Gasteiger partial charge in [-0.05, 0) is 36.8 Å². The maximum Gasteiger partial charge on any atom is 0.325 e. The van der Waals surface area contributed by atoms with Crippen LogP contribution in [0.2, 0.25) is 0 Å². The van der Waals surface area contributed by atoms with E-state index in [2.05, 4.69) is 23.8 Å². The van der Waals surface area contributed by atoms with Crippen LogP contribution in [-0.4, -0.2) is 48.0 Å². The summed E-state index contributed by atoms with van der Waals surface area (Å²) in [5.41, 5.74) is 5.75. The summed E-state index contributed by atoms with van der Waals surface area (Å²) >= 11 is 0. The summed E-state index contributed by atoms with van der Waals surface area (Å²) in [7, 11) is 0. The van der Waals surface area contributed by atoms with Gasteiger partial charge in [0.15, 0.2) is 0 Å². The van der Waals surface area contributed by atoms with Crippen LogP contribution >= 0.6 is 0 Å². The molecule has 1 fully saturated rings. The van der Waals surface area contributed by atoms with Gasteiger partial charge < -0.3 is 10.1 Å². The number of hydroxylamine groups is 1. The van der Waals surface area contributed by atoms with Crippen molar-refractivity contribution in [3.63, 3.8) is 0 Å². The molecule has 0 aromatic heterocycles. The van der Waals surface area contributed by atoms with Crippen LogP contribution in [-0.2, 0) is 25.8 Å². The minimum Gasteiger partial charge on any atom is -0.374 e. The van der Waals surface area contributed by atoms with E-state index >= 15 is 0 Å². The molecule has 1 heterocycles. The molecule has 1 aliphatic heterocycles. The Morgan fingerprint density at radius 2 is 1.91 bits per heavy atom. The van der Waals surface area contributed by atoms with Gasteiger partial charge in [-0.2, -0.15) is 0 Å². The molecule has 32 heavy (non-hydrogen) atoms. The van der Waals surface area contributed by atoms with Crippen LogP contribution < -0.4 is 10.8 Å². The van der Waals surface area contributed by atoms with E-state index in [9.17, 15) is 14.4 Å². The first-order valence-electron chi connectivity index (χ1n) is 10.9. The molecule has 0 unspecified atom stereocenters. The monoisotopic (exact) mass is 441 g/mol. The molecule has 172 valence electrons. The molecular weight excluding hydrogens is 410 g/mol. The zero-order chi connectivity index (χ0) is 23.1. The van der Waals surface area contributed by atoms with Crippen molar-refractivity contribution in [3.05, 3.63) is 59.2 Å². The molecule has 4 amide bonds. The van der Waals surface area contributed by atoms with Crippen LogP contribution in [0, 0.1) is 5.92 Å². The number of ether oxygens (including phenoxy) is 1. The first kappa shape index (κ1) is 23.7. The second-order valence-corrected chi connectivity index (χ2v) is 8.49. The summed E-state index contributed by atoms with van der Waals surface area (Å²) in [6, 6.07) is 6.96. The van der Waals surface area contributed by atoms with Crippen molar-refractivity contribution in [1.29, 1.82) is 0 Å². The summed E-state index contributed by atoms with van der Waals surface area (Å²) < 4.78 is 5.69. The van der Waals surface area contributed by atoms with Crippen molar-refractivity contribution in [3.8, 4) is 0 Å². The molecule has 1 aromatic rings. The number of rotatable bonds is 10. The Bertz CT molecular complexity index is 894. The van der Waals surface area contributed by atoms with Crippen molar-refractivity contribution in [1.82, 2.24) is 15.7 Å². The highest BCUT2D eigenvalue weighted by atomic mass is 16.7. The number of amides is 4. The number of allylic oxidation sites excluding steroid dienone is 3. The molecule has 2 atom stereocenters. The Morgan fingerprint density at radius 3 is 2.56 bits per heavy atom. The van der Waals surface area contributed by atoms with Crippen LogP contribution in [0.3, 0.4) is 0 Å². The number of hydrogen-bond acceptors (Lipinski definition) is 5. The molecule has 1 aromatic carbocycles. The minimum atomic E-state index is -0.988. The number of benzene rings is 1. The highest BCUT2D eigenvalue weighted by Gasteiger charge is 2.46. The average Bonchev–Trinajstić information content (AvgIpc) is 3.04. The fourth-order valence-corrected chi connectivity index (χ4v) is 3.68. The quantitative estimate of drug-likeness (QED) is 0.430.